The van der Waals surface area contributed by atoms with Crippen molar-refractivity contribution in [2.24, 2.45) is 0 Å². The molecule has 4 heteroatoms. The van der Waals surface area contributed by atoms with E-state index in [0.717, 1.165) is 25.4 Å². The maximum Gasteiger partial charge on any atom is 0.122 e. The quantitative estimate of drug-likeness (QED) is 0.816. The van der Waals surface area contributed by atoms with Gasteiger partial charge in [-0.15, -0.1) is 0 Å². The van der Waals surface area contributed by atoms with Crippen LogP contribution in [-0.2, 0) is 13.1 Å². The second-order valence-corrected chi connectivity index (χ2v) is 6.04. The van der Waals surface area contributed by atoms with Gasteiger partial charge in [-0.1, -0.05) is 0 Å². The first-order chi connectivity index (χ1) is 9.07. The zero-order chi connectivity index (χ0) is 13.9. The van der Waals surface area contributed by atoms with Gasteiger partial charge in [0.05, 0.1) is 12.8 Å². The van der Waals surface area contributed by atoms with Gasteiger partial charge in [0, 0.05) is 24.2 Å². The van der Waals surface area contributed by atoms with Crippen molar-refractivity contribution < 1.29 is 4.42 Å². The maximum atomic E-state index is 5.62. The third-order valence-electron chi connectivity index (χ3n) is 4.42. The number of furan rings is 1. The Labute approximate surface area is 116 Å². The summed E-state index contributed by atoms with van der Waals surface area (Å²) in [4.78, 5) is 4.78. The number of nitrogens with zero attached hydrogens (tertiary/aromatic N) is 2. The molecule has 1 aromatic heterocycles. The Morgan fingerprint density at radius 1 is 1.32 bits per heavy atom. The second kappa shape index (κ2) is 6.07. The number of hydrogen-bond acceptors (Lipinski definition) is 4. The average molecular weight is 265 g/mol. The molecule has 1 aliphatic rings. The topological polar surface area (TPSA) is 31.7 Å². The minimum Gasteiger partial charge on any atom is -0.468 e. The molecule has 0 atom stereocenters. The van der Waals surface area contributed by atoms with Gasteiger partial charge in [0.15, 0.2) is 0 Å². The van der Waals surface area contributed by atoms with Crippen LogP contribution in [0.25, 0.3) is 0 Å². The van der Waals surface area contributed by atoms with Gasteiger partial charge in [0.25, 0.3) is 0 Å². The predicted molar refractivity (Wildman–Crippen MR) is 78.1 cm³/mol. The molecule has 0 aliphatic heterocycles. The Balaban J connectivity index is 1.93. The van der Waals surface area contributed by atoms with Crippen molar-refractivity contribution in [1.29, 1.82) is 0 Å². The molecule has 0 saturated heterocycles. The van der Waals surface area contributed by atoms with Gasteiger partial charge < -0.3 is 14.6 Å². The lowest BCUT2D eigenvalue weighted by atomic mass is 9.75. The normalized spacial score (nSPS) is 18.0. The molecular weight excluding hydrogens is 238 g/mol. The molecule has 0 aromatic carbocycles. The van der Waals surface area contributed by atoms with Crippen molar-refractivity contribution in [2.45, 2.75) is 37.9 Å². The largest absolute Gasteiger partial charge is 0.468 e. The van der Waals surface area contributed by atoms with Crippen LogP contribution < -0.4 is 5.32 Å². The van der Waals surface area contributed by atoms with E-state index < -0.39 is 0 Å². The van der Waals surface area contributed by atoms with Gasteiger partial charge in [-0.2, -0.15) is 0 Å². The van der Waals surface area contributed by atoms with Gasteiger partial charge >= 0.3 is 0 Å². The monoisotopic (exact) mass is 265 g/mol. The van der Waals surface area contributed by atoms with E-state index in [1.165, 1.54) is 24.8 Å². The molecule has 0 spiro atoms. The van der Waals surface area contributed by atoms with Gasteiger partial charge in [0.1, 0.15) is 5.76 Å². The molecule has 1 fully saturated rings. The van der Waals surface area contributed by atoms with E-state index in [-0.39, 0.29) is 0 Å². The van der Waals surface area contributed by atoms with Gasteiger partial charge in [-0.05, 0) is 53.5 Å². The summed E-state index contributed by atoms with van der Waals surface area (Å²) in [7, 11) is 8.56. The summed E-state index contributed by atoms with van der Waals surface area (Å²) in [5.41, 5.74) is 1.65. The zero-order valence-corrected chi connectivity index (χ0v) is 12.7. The minimum absolute atomic E-state index is 0.379. The molecule has 1 aliphatic carbocycles. The summed E-state index contributed by atoms with van der Waals surface area (Å²) in [6, 6.07) is 2.06. The van der Waals surface area contributed by atoms with Crippen molar-refractivity contribution >= 4 is 0 Å². The Bertz CT molecular complexity index is 396. The number of likely N-dealkylation sites (N-methyl/N-ethyl adjacent to an activating group) is 2. The Hall–Kier alpha value is -0.840. The Kier molecular flexibility index (Phi) is 4.66. The lowest BCUT2D eigenvalue weighted by molar-refractivity contribution is 0.0243. The van der Waals surface area contributed by atoms with E-state index in [1.807, 2.05) is 7.05 Å². The number of nitrogens with one attached hydrogen (secondary N) is 1. The maximum absolute atomic E-state index is 5.62. The summed E-state index contributed by atoms with van der Waals surface area (Å²) in [6.07, 6.45) is 5.77. The Morgan fingerprint density at radius 3 is 2.58 bits per heavy atom. The molecule has 1 saturated carbocycles. The van der Waals surface area contributed by atoms with E-state index in [9.17, 15) is 0 Å². The van der Waals surface area contributed by atoms with E-state index in [1.54, 1.807) is 6.26 Å². The van der Waals surface area contributed by atoms with Crippen LogP contribution in [0.15, 0.2) is 16.7 Å². The minimum atomic E-state index is 0.379. The summed E-state index contributed by atoms with van der Waals surface area (Å²) in [5.74, 6) is 1.09. The van der Waals surface area contributed by atoms with E-state index in [2.05, 4.69) is 42.3 Å². The molecule has 0 amide bonds. The summed E-state index contributed by atoms with van der Waals surface area (Å²) in [5, 5.41) is 3.19. The van der Waals surface area contributed by atoms with Crippen LogP contribution in [0.1, 0.15) is 30.6 Å². The highest BCUT2D eigenvalue weighted by Gasteiger charge is 2.39. The van der Waals surface area contributed by atoms with Crippen LogP contribution >= 0.6 is 0 Å². The van der Waals surface area contributed by atoms with Gasteiger partial charge in [0.2, 0.25) is 0 Å². The highest BCUT2D eigenvalue weighted by molar-refractivity contribution is 5.16. The lowest BCUT2D eigenvalue weighted by Gasteiger charge is -2.49. The Morgan fingerprint density at radius 2 is 2.05 bits per heavy atom. The smallest absolute Gasteiger partial charge is 0.122 e. The first-order valence-corrected chi connectivity index (χ1v) is 7.13. The van der Waals surface area contributed by atoms with Crippen molar-refractivity contribution in [3.8, 4) is 0 Å². The predicted octanol–water partition coefficient (Wildman–Crippen LogP) is 1.92. The fourth-order valence-electron chi connectivity index (χ4n) is 2.99. The van der Waals surface area contributed by atoms with Crippen LogP contribution in [0.5, 0.6) is 0 Å². The van der Waals surface area contributed by atoms with Crippen LogP contribution in [0.2, 0.25) is 0 Å². The molecular formula is C15H27N3O. The van der Waals surface area contributed by atoms with Crippen molar-refractivity contribution in [3.05, 3.63) is 23.7 Å². The van der Waals surface area contributed by atoms with Crippen molar-refractivity contribution in [2.75, 3.05) is 34.7 Å². The van der Waals surface area contributed by atoms with Gasteiger partial charge in [-0.25, -0.2) is 0 Å². The first-order valence-electron chi connectivity index (χ1n) is 7.13. The molecule has 1 aromatic rings. The lowest BCUT2D eigenvalue weighted by Crippen LogP contribution is -2.56. The van der Waals surface area contributed by atoms with E-state index in [4.69, 9.17) is 4.42 Å². The molecule has 0 bridgehead atoms. The van der Waals surface area contributed by atoms with Gasteiger partial charge in [-0.3, -0.25) is 4.90 Å². The third-order valence-corrected chi connectivity index (χ3v) is 4.42. The SMILES string of the molecule is CNCc1ccoc1CN(C)CC1(N(C)C)CCC1. The van der Waals surface area contributed by atoms with E-state index >= 15 is 0 Å². The average Bonchev–Trinajstić information content (AvgIpc) is 2.71. The first kappa shape index (κ1) is 14.6. The highest BCUT2D eigenvalue weighted by Crippen LogP contribution is 2.36. The molecule has 0 unspecified atom stereocenters. The third kappa shape index (κ3) is 3.19. The molecule has 4 nitrogen and oxygen atoms in total. The summed E-state index contributed by atoms with van der Waals surface area (Å²) in [6.45, 7) is 2.87. The van der Waals surface area contributed by atoms with Crippen LogP contribution in [0, 0.1) is 0 Å². The van der Waals surface area contributed by atoms with Crippen LogP contribution in [0.3, 0.4) is 0 Å². The summed E-state index contributed by atoms with van der Waals surface area (Å²) >= 11 is 0. The molecule has 2 rings (SSSR count). The number of hydrogen-bond donors (Lipinski definition) is 1. The molecule has 1 heterocycles. The van der Waals surface area contributed by atoms with Crippen molar-refractivity contribution in [1.82, 2.24) is 15.1 Å². The highest BCUT2D eigenvalue weighted by atomic mass is 16.3. The van der Waals surface area contributed by atoms with E-state index in [0.29, 0.717) is 5.54 Å². The van der Waals surface area contributed by atoms with Crippen molar-refractivity contribution in [3.63, 3.8) is 0 Å². The fraction of sp³-hybridized carbons (Fsp3) is 0.733. The molecule has 1 N–H and O–H groups in total. The summed E-state index contributed by atoms with van der Waals surface area (Å²) < 4.78 is 5.62. The standard InChI is InChI=1S/C15H27N3O/c1-16-10-13-6-9-19-14(13)11-18(4)12-15(17(2)3)7-5-8-15/h6,9,16H,5,7-8,10-12H2,1-4H3. The molecule has 0 radical (unpaired) electrons. The number of rotatable bonds is 7. The second-order valence-electron chi connectivity index (χ2n) is 6.04. The zero-order valence-electron chi connectivity index (χ0n) is 12.7. The molecule has 108 valence electrons. The van der Waals surface area contributed by atoms with Crippen LogP contribution in [0.4, 0.5) is 0 Å². The fourth-order valence-corrected chi connectivity index (χ4v) is 2.99. The molecule has 19 heavy (non-hydrogen) atoms. The van der Waals surface area contributed by atoms with Crippen LogP contribution in [-0.4, -0.2) is 50.1 Å².